The van der Waals surface area contributed by atoms with Crippen molar-refractivity contribution in [3.05, 3.63) is 41.7 Å². The second kappa shape index (κ2) is 7.18. The summed E-state index contributed by atoms with van der Waals surface area (Å²) in [6, 6.07) is 5.24. The van der Waals surface area contributed by atoms with Crippen LogP contribution in [0.25, 0.3) is 0 Å². The van der Waals surface area contributed by atoms with Gasteiger partial charge in [-0.1, -0.05) is 6.07 Å². The molecule has 0 spiro atoms. The molecule has 0 saturated carbocycles. The minimum atomic E-state index is -3.81. The van der Waals surface area contributed by atoms with E-state index in [1.165, 1.54) is 22.5 Å². The van der Waals surface area contributed by atoms with Crippen LogP contribution in [0.2, 0.25) is 0 Å². The number of β-amino-alcohol motifs (C(OH)–C–C–N with tert-alkyl or cyclic N) is 1. The molecule has 2 aromatic rings. The van der Waals surface area contributed by atoms with Crippen LogP contribution in [0.3, 0.4) is 0 Å². The molecule has 1 saturated heterocycles. The van der Waals surface area contributed by atoms with Crippen molar-refractivity contribution in [1.29, 1.82) is 0 Å². The minimum absolute atomic E-state index is 0.0392. The third-order valence-corrected chi connectivity index (χ3v) is 7.30. The standard InChI is InChI=1S/C18H24FN5O3S/c1-12(2)24-10-14(25)9-16(24)18-21-20-17-11-22(6-7-23(17)18)28(26,27)15-5-3-4-13(19)8-15/h3-5,8,12,14,16,25H,6-7,9-11H2,1-2H3/t14-,16+/m1/s1. The lowest BCUT2D eigenvalue weighted by atomic mass is 10.1. The van der Waals surface area contributed by atoms with Crippen LogP contribution < -0.4 is 0 Å². The van der Waals surface area contributed by atoms with Gasteiger partial charge in [0.25, 0.3) is 0 Å². The summed E-state index contributed by atoms with van der Waals surface area (Å²) in [5, 5.41) is 18.7. The van der Waals surface area contributed by atoms with E-state index in [9.17, 15) is 17.9 Å². The first kappa shape index (κ1) is 19.4. The second-order valence-corrected chi connectivity index (χ2v) is 9.56. The predicted molar refractivity (Wildman–Crippen MR) is 99.2 cm³/mol. The highest BCUT2D eigenvalue weighted by molar-refractivity contribution is 7.89. The highest BCUT2D eigenvalue weighted by atomic mass is 32.2. The fraction of sp³-hybridized carbons (Fsp3) is 0.556. The fourth-order valence-corrected chi connectivity index (χ4v) is 5.47. The summed E-state index contributed by atoms with van der Waals surface area (Å²) >= 11 is 0. The molecule has 1 aromatic carbocycles. The van der Waals surface area contributed by atoms with Crippen molar-refractivity contribution >= 4 is 10.0 Å². The van der Waals surface area contributed by atoms with Crippen LogP contribution in [-0.4, -0.2) is 62.7 Å². The largest absolute Gasteiger partial charge is 0.392 e. The summed E-state index contributed by atoms with van der Waals surface area (Å²) in [5.41, 5.74) is 0. The molecule has 3 heterocycles. The molecule has 8 nitrogen and oxygen atoms in total. The van der Waals surface area contributed by atoms with E-state index in [1.807, 2.05) is 4.57 Å². The Labute approximate surface area is 163 Å². The number of benzene rings is 1. The molecule has 0 aliphatic carbocycles. The van der Waals surface area contributed by atoms with E-state index >= 15 is 0 Å². The van der Waals surface area contributed by atoms with Crippen molar-refractivity contribution in [2.24, 2.45) is 0 Å². The predicted octanol–water partition coefficient (Wildman–Crippen LogP) is 1.14. The van der Waals surface area contributed by atoms with Gasteiger partial charge < -0.3 is 9.67 Å². The van der Waals surface area contributed by atoms with Crippen LogP contribution >= 0.6 is 0 Å². The molecule has 1 fully saturated rings. The third kappa shape index (κ3) is 3.34. The Balaban J connectivity index is 1.60. The van der Waals surface area contributed by atoms with Crippen molar-refractivity contribution in [3.63, 3.8) is 0 Å². The van der Waals surface area contributed by atoms with E-state index in [-0.39, 0.29) is 30.1 Å². The van der Waals surface area contributed by atoms with Gasteiger partial charge in [0.1, 0.15) is 11.6 Å². The summed E-state index contributed by atoms with van der Waals surface area (Å²) in [6.07, 6.45) is 0.176. The van der Waals surface area contributed by atoms with Crippen LogP contribution in [0.4, 0.5) is 4.39 Å². The molecule has 2 atom stereocenters. The van der Waals surface area contributed by atoms with Crippen LogP contribution in [-0.2, 0) is 23.1 Å². The lowest BCUT2D eigenvalue weighted by Gasteiger charge is -2.30. The third-order valence-electron chi connectivity index (χ3n) is 5.46. The highest BCUT2D eigenvalue weighted by Crippen LogP contribution is 2.34. The van der Waals surface area contributed by atoms with Crippen LogP contribution in [0.5, 0.6) is 0 Å². The van der Waals surface area contributed by atoms with E-state index in [0.717, 1.165) is 11.9 Å². The average Bonchev–Trinajstić information content (AvgIpc) is 3.24. The van der Waals surface area contributed by atoms with Gasteiger partial charge in [-0.2, -0.15) is 4.31 Å². The molecular weight excluding hydrogens is 385 g/mol. The highest BCUT2D eigenvalue weighted by Gasteiger charge is 2.39. The Bertz CT molecular complexity index is 977. The number of rotatable bonds is 4. The first-order chi connectivity index (χ1) is 13.3. The first-order valence-electron chi connectivity index (χ1n) is 9.39. The van der Waals surface area contributed by atoms with E-state index in [1.54, 1.807) is 0 Å². The van der Waals surface area contributed by atoms with Gasteiger partial charge in [-0.3, -0.25) is 4.90 Å². The normalized spacial score (nSPS) is 24.0. The monoisotopic (exact) mass is 409 g/mol. The van der Waals surface area contributed by atoms with Gasteiger partial charge >= 0.3 is 0 Å². The lowest BCUT2D eigenvalue weighted by molar-refractivity contribution is 0.156. The van der Waals surface area contributed by atoms with Crippen LogP contribution in [0, 0.1) is 5.82 Å². The Kier molecular flexibility index (Phi) is 4.98. The maximum atomic E-state index is 13.5. The molecule has 28 heavy (non-hydrogen) atoms. The zero-order chi connectivity index (χ0) is 20.1. The van der Waals surface area contributed by atoms with Crippen LogP contribution in [0.1, 0.15) is 38.0 Å². The van der Waals surface area contributed by atoms with Gasteiger partial charge in [-0.05, 0) is 38.5 Å². The topological polar surface area (TPSA) is 91.6 Å². The minimum Gasteiger partial charge on any atom is -0.392 e. The Hall–Kier alpha value is -1.88. The number of aliphatic hydroxyl groups is 1. The molecule has 4 rings (SSSR count). The molecule has 10 heteroatoms. The summed E-state index contributed by atoms with van der Waals surface area (Å²) in [5.74, 6) is 0.742. The number of fused-ring (bicyclic) bond motifs is 1. The molecule has 0 bridgehead atoms. The maximum Gasteiger partial charge on any atom is 0.243 e. The SMILES string of the molecule is CC(C)N1C[C@H](O)C[C@H]1c1nnc2n1CCN(S(=O)(=O)c1cccc(F)c1)C2. The van der Waals surface area contributed by atoms with E-state index in [0.29, 0.717) is 25.3 Å². The number of aliphatic hydroxyl groups excluding tert-OH is 1. The quantitative estimate of drug-likeness (QED) is 0.814. The Morgan fingerprint density at radius 3 is 2.75 bits per heavy atom. The summed E-state index contributed by atoms with van der Waals surface area (Å²) in [4.78, 5) is 2.13. The van der Waals surface area contributed by atoms with Crippen molar-refractivity contribution in [1.82, 2.24) is 24.0 Å². The van der Waals surface area contributed by atoms with Gasteiger partial charge in [0.05, 0.1) is 23.6 Å². The number of nitrogens with zero attached hydrogens (tertiary/aromatic N) is 5. The summed E-state index contributed by atoms with van der Waals surface area (Å²) in [6.45, 7) is 5.50. The number of hydrogen-bond acceptors (Lipinski definition) is 6. The molecule has 0 amide bonds. The molecule has 152 valence electrons. The number of halogens is 1. The molecular formula is C18H24FN5O3S. The zero-order valence-electron chi connectivity index (χ0n) is 15.9. The van der Waals surface area contributed by atoms with Gasteiger partial charge in [0.2, 0.25) is 10.0 Å². The first-order valence-corrected chi connectivity index (χ1v) is 10.8. The smallest absolute Gasteiger partial charge is 0.243 e. The molecule has 2 aliphatic rings. The molecule has 0 unspecified atom stereocenters. The number of aromatic nitrogens is 3. The average molecular weight is 409 g/mol. The van der Waals surface area contributed by atoms with E-state index in [4.69, 9.17) is 0 Å². The number of likely N-dealkylation sites (tertiary alicyclic amines) is 1. The van der Waals surface area contributed by atoms with Crippen molar-refractivity contribution in [2.45, 2.75) is 56.4 Å². The van der Waals surface area contributed by atoms with Crippen molar-refractivity contribution < 1.29 is 17.9 Å². The second-order valence-electron chi connectivity index (χ2n) is 7.62. The van der Waals surface area contributed by atoms with E-state index in [2.05, 4.69) is 28.9 Å². The molecule has 1 aromatic heterocycles. The molecule has 1 N–H and O–H groups in total. The van der Waals surface area contributed by atoms with E-state index < -0.39 is 21.9 Å². The lowest BCUT2D eigenvalue weighted by Crippen LogP contribution is -2.39. The number of hydrogen-bond donors (Lipinski definition) is 1. The van der Waals surface area contributed by atoms with Gasteiger partial charge in [-0.25, -0.2) is 12.8 Å². The zero-order valence-corrected chi connectivity index (χ0v) is 16.7. The number of sulfonamides is 1. The maximum absolute atomic E-state index is 13.5. The van der Waals surface area contributed by atoms with Gasteiger partial charge in [-0.15, -0.1) is 10.2 Å². The van der Waals surface area contributed by atoms with Gasteiger partial charge in [0, 0.05) is 25.7 Å². The van der Waals surface area contributed by atoms with Crippen molar-refractivity contribution in [2.75, 3.05) is 13.1 Å². The van der Waals surface area contributed by atoms with Crippen molar-refractivity contribution in [3.8, 4) is 0 Å². The summed E-state index contributed by atoms with van der Waals surface area (Å²) in [7, 11) is -3.81. The Morgan fingerprint density at radius 1 is 1.25 bits per heavy atom. The fourth-order valence-electron chi connectivity index (χ4n) is 4.05. The Morgan fingerprint density at radius 2 is 2.04 bits per heavy atom. The molecule has 2 aliphatic heterocycles. The van der Waals surface area contributed by atoms with Gasteiger partial charge in [0.15, 0.2) is 5.82 Å². The molecule has 0 radical (unpaired) electrons. The summed E-state index contributed by atoms with van der Waals surface area (Å²) < 4.78 is 42.5. The van der Waals surface area contributed by atoms with Crippen LogP contribution in [0.15, 0.2) is 29.2 Å².